The van der Waals surface area contributed by atoms with E-state index in [0.717, 1.165) is 10.1 Å². The SMILES string of the molecule is COc1ccc(C)cc1S(=O)(=O)NNC(=O)Cn1ccccc1=O. The maximum atomic E-state index is 12.3. The van der Waals surface area contributed by atoms with E-state index >= 15 is 0 Å². The van der Waals surface area contributed by atoms with E-state index in [9.17, 15) is 18.0 Å². The number of pyridine rings is 1. The molecule has 0 bridgehead atoms. The molecule has 0 saturated carbocycles. The minimum absolute atomic E-state index is 0.0952. The zero-order valence-corrected chi connectivity index (χ0v) is 14.0. The maximum Gasteiger partial charge on any atom is 0.261 e. The Morgan fingerprint density at radius 2 is 2.00 bits per heavy atom. The van der Waals surface area contributed by atoms with E-state index in [4.69, 9.17) is 4.74 Å². The van der Waals surface area contributed by atoms with Gasteiger partial charge in [-0.1, -0.05) is 12.1 Å². The quantitative estimate of drug-likeness (QED) is 0.722. The van der Waals surface area contributed by atoms with Gasteiger partial charge >= 0.3 is 0 Å². The number of aromatic nitrogens is 1. The van der Waals surface area contributed by atoms with Gasteiger partial charge in [-0.05, 0) is 30.7 Å². The highest BCUT2D eigenvalue weighted by Crippen LogP contribution is 2.24. The normalized spacial score (nSPS) is 11.1. The molecular weight excluding hydrogens is 334 g/mol. The van der Waals surface area contributed by atoms with Gasteiger partial charge in [0.1, 0.15) is 17.2 Å². The second kappa shape index (κ2) is 7.28. The van der Waals surface area contributed by atoms with Gasteiger partial charge in [-0.25, -0.2) is 8.42 Å². The highest BCUT2D eigenvalue weighted by Gasteiger charge is 2.20. The molecule has 1 heterocycles. The summed E-state index contributed by atoms with van der Waals surface area (Å²) in [6, 6.07) is 9.09. The van der Waals surface area contributed by atoms with Crippen LogP contribution in [0, 0.1) is 6.92 Å². The Bertz CT molecular complexity index is 905. The first kappa shape index (κ1) is 17.7. The summed E-state index contributed by atoms with van der Waals surface area (Å²) in [6.45, 7) is 1.42. The van der Waals surface area contributed by atoms with Crippen molar-refractivity contribution < 1.29 is 17.9 Å². The topological polar surface area (TPSA) is 106 Å². The van der Waals surface area contributed by atoms with E-state index < -0.39 is 15.9 Å². The van der Waals surface area contributed by atoms with Crippen molar-refractivity contribution in [1.82, 2.24) is 14.8 Å². The van der Waals surface area contributed by atoms with Gasteiger partial charge in [0.2, 0.25) is 0 Å². The minimum atomic E-state index is -4.02. The number of nitrogens with zero attached hydrogens (tertiary/aromatic N) is 1. The summed E-state index contributed by atoms with van der Waals surface area (Å²) in [5, 5.41) is 0. The monoisotopic (exact) mass is 351 g/mol. The van der Waals surface area contributed by atoms with E-state index in [2.05, 4.69) is 5.43 Å². The molecule has 0 saturated heterocycles. The van der Waals surface area contributed by atoms with Crippen LogP contribution in [-0.2, 0) is 21.4 Å². The smallest absolute Gasteiger partial charge is 0.261 e. The highest BCUT2D eigenvalue weighted by atomic mass is 32.2. The van der Waals surface area contributed by atoms with Crippen LogP contribution in [0.5, 0.6) is 5.75 Å². The second-order valence-electron chi connectivity index (χ2n) is 4.97. The number of aryl methyl sites for hydroxylation is 1. The molecule has 0 aliphatic heterocycles. The number of sulfonamides is 1. The predicted molar refractivity (Wildman–Crippen MR) is 86.9 cm³/mol. The van der Waals surface area contributed by atoms with Gasteiger partial charge < -0.3 is 9.30 Å². The third-order valence-corrected chi connectivity index (χ3v) is 4.42. The molecule has 1 amide bonds. The van der Waals surface area contributed by atoms with Crippen molar-refractivity contribution >= 4 is 15.9 Å². The molecule has 0 spiro atoms. The standard InChI is InChI=1S/C15H17N3O5S/c1-11-6-7-12(23-2)13(9-11)24(21,22)17-16-14(19)10-18-8-4-3-5-15(18)20/h3-9,17H,10H2,1-2H3,(H,16,19). The second-order valence-corrected chi connectivity index (χ2v) is 6.63. The number of hydrogen-bond donors (Lipinski definition) is 2. The lowest BCUT2D eigenvalue weighted by Crippen LogP contribution is -2.44. The van der Waals surface area contributed by atoms with Gasteiger partial charge in [0.15, 0.2) is 0 Å². The number of rotatable bonds is 6. The van der Waals surface area contributed by atoms with Gasteiger partial charge in [0.25, 0.3) is 21.5 Å². The van der Waals surface area contributed by atoms with Crippen LogP contribution in [0.3, 0.4) is 0 Å². The van der Waals surface area contributed by atoms with Crippen molar-refractivity contribution in [3.05, 3.63) is 58.5 Å². The van der Waals surface area contributed by atoms with Gasteiger partial charge in [-0.2, -0.15) is 0 Å². The molecule has 2 aromatic rings. The third kappa shape index (κ3) is 4.21. The van der Waals surface area contributed by atoms with Gasteiger partial charge in [-0.3, -0.25) is 15.0 Å². The number of hydrogen-bond acceptors (Lipinski definition) is 5. The van der Waals surface area contributed by atoms with Gasteiger partial charge in [0.05, 0.1) is 7.11 Å². The Labute approximate surface area is 139 Å². The Balaban J connectivity index is 2.10. The largest absolute Gasteiger partial charge is 0.495 e. The van der Waals surface area contributed by atoms with Crippen LogP contribution in [0.25, 0.3) is 0 Å². The summed E-state index contributed by atoms with van der Waals surface area (Å²) >= 11 is 0. The van der Waals surface area contributed by atoms with Crippen LogP contribution < -0.4 is 20.6 Å². The van der Waals surface area contributed by atoms with Crippen LogP contribution in [0.2, 0.25) is 0 Å². The Morgan fingerprint density at radius 3 is 2.67 bits per heavy atom. The van der Waals surface area contributed by atoms with Crippen LogP contribution in [0.4, 0.5) is 0 Å². The van der Waals surface area contributed by atoms with E-state index in [0.29, 0.717) is 0 Å². The lowest BCUT2D eigenvalue weighted by molar-refractivity contribution is -0.122. The molecule has 9 heteroatoms. The number of benzene rings is 1. The lowest BCUT2D eigenvalue weighted by atomic mass is 10.2. The molecule has 1 aromatic heterocycles. The molecule has 0 aliphatic rings. The first-order chi connectivity index (χ1) is 11.3. The average Bonchev–Trinajstić information content (AvgIpc) is 2.55. The number of methoxy groups -OCH3 is 1. The summed E-state index contributed by atoms with van der Waals surface area (Å²) in [6.07, 6.45) is 1.43. The molecule has 1 aromatic carbocycles. The number of carbonyl (C=O) groups is 1. The van der Waals surface area contributed by atoms with Gasteiger partial charge in [0, 0.05) is 12.3 Å². The van der Waals surface area contributed by atoms with E-state index in [1.165, 1.54) is 31.5 Å². The van der Waals surface area contributed by atoms with E-state index in [-0.39, 0.29) is 22.7 Å². The number of hydrazine groups is 1. The molecule has 0 aliphatic carbocycles. The Kier molecular flexibility index (Phi) is 5.37. The van der Waals surface area contributed by atoms with E-state index in [1.54, 1.807) is 25.1 Å². The van der Waals surface area contributed by atoms with Crippen molar-refractivity contribution in [3.8, 4) is 5.75 Å². The molecule has 8 nitrogen and oxygen atoms in total. The maximum absolute atomic E-state index is 12.3. The number of ether oxygens (including phenoxy) is 1. The Morgan fingerprint density at radius 1 is 1.25 bits per heavy atom. The molecular formula is C15H17N3O5S. The van der Waals surface area contributed by atoms with Crippen molar-refractivity contribution in [1.29, 1.82) is 0 Å². The predicted octanol–water partition coefficient (Wildman–Crippen LogP) is 0.175. The fourth-order valence-corrected chi connectivity index (χ4v) is 3.07. The molecule has 24 heavy (non-hydrogen) atoms. The van der Waals surface area contributed by atoms with Crippen LogP contribution in [0.1, 0.15) is 5.56 Å². The fraction of sp³-hybridized carbons (Fsp3) is 0.200. The lowest BCUT2D eigenvalue weighted by Gasteiger charge is -2.12. The van der Waals surface area contributed by atoms with Crippen molar-refractivity contribution in [2.24, 2.45) is 0 Å². The highest BCUT2D eigenvalue weighted by molar-refractivity contribution is 7.89. The average molecular weight is 351 g/mol. The fourth-order valence-electron chi connectivity index (χ4n) is 1.96. The molecule has 2 rings (SSSR count). The number of nitrogens with one attached hydrogen (secondary N) is 2. The zero-order valence-electron chi connectivity index (χ0n) is 13.1. The summed E-state index contributed by atoms with van der Waals surface area (Å²) in [7, 11) is -2.67. The van der Waals surface area contributed by atoms with Crippen molar-refractivity contribution in [3.63, 3.8) is 0 Å². The minimum Gasteiger partial charge on any atom is -0.495 e. The van der Waals surface area contributed by atoms with Crippen molar-refractivity contribution in [2.75, 3.05) is 7.11 Å². The number of carbonyl (C=O) groups excluding carboxylic acids is 1. The number of amides is 1. The molecule has 2 N–H and O–H groups in total. The summed E-state index contributed by atoms with van der Waals surface area (Å²) in [4.78, 5) is 25.3. The molecule has 128 valence electrons. The first-order valence-corrected chi connectivity index (χ1v) is 8.42. The molecule has 0 atom stereocenters. The van der Waals surface area contributed by atoms with Crippen LogP contribution >= 0.6 is 0 Å². The first-order valence-electron chi connectivity index (χ1n) is 6.94. The van der Waals surface area contributed by atoms with Crippen LogP contribution in [0.15, 0.2) is 52.3 Å². The molecule has 0 fully saturated rings. The van der Waals surface area contributed by atoms with Crippen LogP contribution in [-0.4, -0.2) is 26.0 Å². The van der Waals surface area contributed by atoms with Gasteiger partial charge in [-0.15, -0.1) is 4.83 Å². The zero-order chi connectivity index (χ0) is 17.7. The third-order valence-electron chi connectivity index (χ3n) is 3.15. The molecule has 0 radical (unpaired) electrons. The summed E-state index contributed by atoms with van der Waals surface area (Å²) in [5.74, 6) is -0.528. The van der Waals surface area contributed by atoms with E-state index in [1.807, 2.05) is 4.83 Å². The van der Waals surface area contributed by atoms with Crippen molar-refractivity contribution in [2.45, 2.75) is 18.4 Å². The molecule has 0 unspecified atom stereocenters. The summed E-state index contributed by atoms with van der Waals surface area (Å²) < 4.78 is 30.8. The Hall–Kier alpha value is -2.65. The summed E-state index contributed by atoms with van der Waals surface area (Å²) in [5.41, 5.74) is 2.43.